The summed E-state index contributed by atoms with van der Waals surface area (Å²) in [6.45, 7) is 4.21. The van der Waals surface area contributed by atoms with Gasteiger partial charge in [0.2, 0.25) is 0 Å². The second-order valence-electron chi connectivity index (χ2n) is 4.96. The third kappa shape index (κ3) is 2.44. The first-order valence-corrected chi connectivity index (χ1v) is 7.16. The summed E-state index contributed by atoms with van der Waals surface area (Å²) in [4.78, 5) is 25.8. The van der Waals surface area contributed by atoms with Crippen molar-refractivity contribution in [1.29, 1.82) is 0 Å². The standard InChI is InChI=1S/C14H17BrN2O2/c1-3-14(16,4-2)8-17-12(18)10-6-5-9(15)7-11(10)13(17)19/h5-7H,3-4,8,16H2,1-2H3. The lowest BCUT2D eigenvalue weighted by molar-refractivity contribution is 0.0611. The molecular formula is C14H17BrN2O2. The molecule has 0 fully saturated rings. The molecule has 0 saturated heterocycles. The number of fused-ring (bicyclic) bond motifs is 1. The van der Waals surface area contributed by atoms with Gasteiger partial charge in [0, 0.05) is 16.6 Å². The zero-order chi connectivity index (χ0) is 14.2. The van der Waals surface area contributed by atoms with Gasteiger partial charge in [0.05, 0.1) is 11.1 Å². The molecule has 2 amide bonds. The van der Waals surface area contributed by atoms with Crippen LogP contribution < -0.4 is 5.73 Å². The predicted molar refractivity (Wildman–Crippen MR) is 77.0 cm³/mol. The van der Waals surface area contributed by atoms with Gasteiger partial charge in [0.1, 0.15) is 0 Å². The Balaban J connectivity index is 2.33. The third-order valence-corrected chi connectivity index (χ3v) is 4.31. The summed E-state index contributed by atoms with van der Waals surface area (Å²) in [6.07, 6.45) is 1.45. The molecule has 0 spiro atoms. The molecule has 2 rings (SSSR count). The van der Waals surface area contributed by atoms with Gasteiger partial charge < -0.3 is 5.73 Å². The van der Waals surface area contributed by atoms with Crippen molar-refractivity contribution in [1.82, 2.24) is 4.90 Å². The Bertz CT molecular complexity index is 538. The van der Waals surface area contributed by atoms with Crippen molar-refractivity contribution in [2.45, 2.75) is 32.2 Å². The molecule has 0 unspecified atom stereocenters. The van der Waals surface area contributed by atoms with Gasteiger partial charge in [0.15, 0.2) is 0 Å². The number of carbonyl (C=O) groups is 2. The lowest BCUT2D eigenvalue weighted by Crippen LogP contribution is -2.51. The van der Waals surface area contributed by atoms with Crippen LogP contribution in [0.1, 0.15) is 47.4 Å². The van der Waals surface area contributed by atoms with Crippen LogP contribution in [-0.4, -0.2) is 28.8 Å². The fourth-order valence-electron chi connectivity index (χ4n) is 2.20. The lowest BCUT2D eigenvalue weighted by atomic mass is 9.93. The molecule has 0 bridgehead atoms. The van der Waals surface area contributed by atoms with Crippen molar-refractivity contribution in [2.75, 3.05) is 6.54 Å². The van der Waals surface area contributed by atoms with Crippen molar-refractivity contribution in [3.63, 3.8) is 0 Å². The molecule has 0 aliphatic carbocycles. The number of carbonyl (C=O) groups excluding carboxylic acids is 2. The molecule has 5 heteroatoms. The van der Waals surface area contributed by atoms with Crippen LogP contribution in [0.3, 0.4) is 0 Å². The number of hydrogen-bond acceptors (Lipinski definition) is 3. The van der Waals surface area contributed by atoms with E-state index in [1.165, 1.54) is 4.90 Å². The van der Waals surface area contributed by atoms with E-state index in [1.807, 2.05) is 13.8 Å². The molecule has 1 aromatic rings. The van der Waals surface area contributed by atoms with Gasteiger partial charge >= 0.3 is 0 Å². The van der Waals surface area contributed by atoms with Gasteiger partial charge in [-0.3, -0.25) is 14.5 Å². The second-order valence-corrected chi connectivity index (χ2v) is 5.87. The van der Waals surface area contributed by atoms with Crippen molar-refractivity contribution >= 4 is 27.7 Å². The van der Waals surface area contributed by atoms with Gasteiger partial charge in [-0.2, -0.15) is 0 Å². The summed E-state index contributed by atoms with van der Waals surface area (Å²) in [5.74, 6) is -0.498. The maximum Gasteiger partial charge on any atom is 0.261 e. The van der Waals surface area contributed by atoms with E-state index in [0.29, 0.717) is 11.1 Å². The van der Waals surface area contributed by atoms with Gasteiger partial charge in [-0.05, 0) is 31.0 Å². The Morgan fingerprint density at radius 3 is 2.32 bits per heavy atom. The zero-order valence-electron chi connectivity index (χ0n) is 11.1. The zero-order valence-corrected chi connectivity index (χ0v) is 12.7. The molecule has 19 heavy (non-hydrogen) atoms. The van der Waals surface area contributed by atoms with E-state index in [1.54, 1.807) is 18.2 Å². The highest BCUT2D eigenvalue weighted by molar-refractivity contribution is 9.10. The van der Waals surface area contributed by atoms with Crippen LogP contribution in [0.15, 0.2) is 22.7 Å². The molecule has 2 N–H and O–H groups in total. The largest absolute Gasteiger partial charge is 0.324 e. The molecule has 0 aromatic heterocycles. The summed E-state index contributed by atoms with van der Waals surface area (Å²) in [5, 5.41) is 0. The van der Waals surface area contributed by atoms with Crippen molar-refractivity contribution in [2.24, 2.45) is 5.73 Å². The van der Waals surface area contributed by atoms with Crippen LogP contribution in [0.4, 0.5) is 0 Å². The Morgan fingerprint density at radius 2 is 1.74 bits per heavy atom. The van der Waals surface area contributed by atoms with Crippen molar-refractivity contribution < 1.29 is 9.59 Å². The summed E-state index contributed by atoms with van der Waals surface area (Å²) in [6, 6.07) is 5.13. The maximum absolute atomic E-state index is 12.3. The minimum absolute atomic E-state index is 0.246. The number of amides is 2. The number of nitrogens with two attached hydrogens (primary N) is 1. The van der Waals surface area contributed by atoms with E-state index in [9.17, 15) is 9.59 Å². The van der Waals surface area contributed by atoms with E-state index in [2.05, 4.69) is 15.9 Å². The van der Waals surface area contributed by atoms with E-state index in [4.69, 9.17) is 5.73 Å². The van der Waals surface area contributed by atoms with Crippen molar-refractivity contribution in [3.05, 3.63) is 33.8 Å². The number of halogens is 1. The molecule has 1 aliphatic rings. The Labute approximate surface area is 121 Å². The van der Waals surface area contributed by atoms with Crippen LogP contribution in [-0.2, 0) is 0 Å². The highest BCUT2D eigenvalue weighted by Crippen LogP contribution is 2.27. The number of imide groups is 1. The Hall–Kier alpha value is -1.20. The molecule has 1 heterocycles. The maximum atomic E-state index is 12.3. The predicted octanol–water partition coefficient (Wildman–Crippen LogP) is 2.56. The van der Waals surface area contributed by atoms with Gasteiger partial charge in [0.25, 0.3) is 11.8 Å². The van der Waals surface area contributed by atoms with E-state index in [0.717, 1.165) is 17.3 Å². The van der Waals surface area contributed by atoms with Crippen LogP contribution in [0, 0.1) is 0 Å². The van der Waals surface area contributed by atoms with Gasteiger partial charge in [-0.15, -0.1) is 0 Å². The van der Waals surface area contributed by atoms with Gasteiger partial charge in [-0.1, -0.05) is 29.8 Å². The molecule has 0 saturated carbocycles. The monoisotopic (exact) mass is 324 g/mol. The first-order valence-electron chi connectivity index (χ1n) is 6.36. The summed E-state index contributed by atoms with van der Waals surface area (Å²) >= 11 is 3.31. The number of hydrogen-bond donors (Lipinski definition) is 1. The topological polar surface area (TPSA) is 63.4 Å². The fraction of sp³-hybridized carbons (Fsp3) is 0.429. The van der Waals surface area contributed by atoms with Crippen LogP contribution >= 0.6 is 15.9 Å². The average Bonchev–Trinajstić information content (AvgIpc) is 2.63. The summed E-state index contributed by atoms with van der Waals surface area (Å²) in [5.41, 5.74) is 6.61. The van der Waals surface area contributed by atoms with Crippen molar-refractivity contribution in [3.8, 4) is 0 Å². The molecule has 1 aliphatic heterocycles. The lowest BCUT2D eigenvalue weighted by Gasteiger charge is -2.30. The highest BCUT2D eigenvalue weighted by atomic mass is 79.9. The van der Waals surface area contributed by atoms with E-state index >= 15 is 0 Å². The highest BCUT2D eigenvalue weighted by Gasteiger charge is 2.39. The molecular weight excluding hydrogens is 308 g/mol. The smallest absolute Gasteiger partial charge is 0.261 e. The van der Waals surface area contributed by atoms with E-state index in [-0.39, 0.29) is 18.4 Å². The average molecular weight is 325 g/mol. The Kier molecular flexibility index (Phi) is 3.78. The van der Waals surface area contributed by atoms with Crippen LogP contribution in [0.25, 0.3) is 0 Å². The third-order valence-electron chi connectivity index (χ3n) is 3.81. The van der Waals surface area contributed by atoms with E-state index < -0.39 is 5.54 Å². The minimum Gasteiger partial charge on any atom is -0.324 e. The number of nitrogens with zero attached hydrogens (tertiary/aromatic N) is 1. The first kappa shape index (κ1) is 14.2. The molecule has 102 valence electrons. The molecule has 4 nitrogen and oxygen atoms in total. The molecule has 0 radical (unpaired) electrons. The SMILES string of the molecule is CCC(N)(CC)CN1C(=O)c2ccc(Br)cc2C1=O. The normalized spacial score (nSPS) is 15.1. The minimum atomic E-state index is -0.509. The number of rotatable bonds is 4. The molecule has 0 atom stereocenters. The Morgan fingerprint density at radius 1 is 1.16 bits per heavy atom. The molecule has 1 aromatic carbocycles. The number of benzene rings is 1. The first-order chi connectivity index (χ1) is 8.91. The van der Waals surface area contributed by atoms with Crippen LogP contribution in [0.5, 0.6) is 0 Å². The second kappa shape index (κ2) is 5.06. The van der Waals surface area contributed by atoms with Gasteiger partial charge in [-0.25, -0.2) is 0 Å². The fourth-order valence-corrected chi connectivity index (χ4v) is 2.56. The summed E-state index contributed by atoms with van der Waals surface area (Å²) in [7, 11) is 0. The quantitative estimate of drug-likeness (QED) is 0.866. The summed E-state index contributed by atoms with van der Waals surface area (Å²) < 4.78 is 0.791. The van der Waals surface area contributed by atoms with Crippen LogP contribution in [0.2, 0.25) is 0 Å².